The monoisotopic (exact) mass is 202 g/mol. The molecule has 0 saturated carbocycles. The predicted molar refractivity (Wildman–Crippen MR) is 63.4 cm³/mol. The standard InChI is InChI=1S/C13H18N2/c1-3-4-5-6-9-14-11-13-12(2)8-7-10-15-13/h1,7-8,10,14H,4-6,9,11H2,2H3. The van der Waals surface area contributed by atoms with Gasteiger partial charge in [-0.05, 0) is 37.9 Å². The summed E-state index contributed by atoms with van der Waals surface area (Å²) in [7, 11) is 0. The molecule has 2 heteroatoms. The number of unbranched alkanes of at least 4 members (excludes halogenated alkanes) is 2. The van der Waals surface area contributed by atoms with Crippen molar-refractivity contribution in [1.29, 1.82) is 0 Å². The molecule has 80 valence electrons. The number of nitrogens with zero attached hydrogens (tertiary/aromatic N) is 1. The van der Waals surface area contributed by atoms with Crippen LogP contribution in [-0.2, 0) is 6.54 Å². The molecule has 1 aromatic rings. The van der Waals surface area contributed by atoms with Gasteiger partial charge in [0, 0.05) is 19.2 Å². The van der Waals surface area contributed by atoms with Gasteiger partial charge in [-0.2, -0.15) is 0 Å². The summed E-state index contributed by atoms with van der Waals surface area (Å²) in [6.07, 6.45) is 10.1. The van der Waals surface area contributed by atoms with Gasteiger partial charge in [0.25, 0.3) is 0 Å². The van der Waals surface area contributed by atoms with E-state index in [0.29, 0.717) is 0 Å². The smallest absolute Gasteiger partial charge is 0.0570 e. The van der Waals surface area contributed by atoms with Crippen LogP contribution in [0.2, 0.25) is 0 Å². The van der Waals surface area contributed by atoms with Crippen molar-refractivity contribution in [2.45, 2.75) is 32.7 Å². The summed E-state index contributed by atoms with van der Waals surface area (Å²) < 4.78 is 0. The van der Waals surface area contributed by atoms with E-state index >= 15 is 0 Å². The number of aryl methyl sites for hydroxylation is 1. The average Bonchev–Trinajstić information content (AvgIpc) is 2.25. The molecule has 1 aromatic heterocycles. The van der Waals surface area contributed by atoms with Crippen LogP contribution in [0.5, 0.6) is 0 Å². The van der Waals surface area contributed by atoms with Crippen LogP contribution < -0.4 is 5.32 Å². The predicted octanol–water partition coefficient (Wildman–Crippen LogP) is 2.28. The lowest BCUT2D eigenvalue weighted by Gasteiger charge is -2.05. The van der Waals surface area contributed by atoms with Crippen LogP contribution in [0.25, 0.3) is 0 Å². The molecule has 1 N–H and O–H groups in total. The number of nitrogens with one attached hydrogen (secondary N) is 1. The Bertz CT molecular complexity index is 326. The molecule has 15 heavy (non-hydrogen) atoms. The topological polar surface area (TPSA) is 24.9 Å². The maximum absolute atomic E-state index is 5.17. The van der Waals surface area contributed by atoms with Crippen LogP contribution in [0.15, 0.2) is 18.3 Å². The fourth-order valence-corrected chi connectivity index (χ4v) is 1.39. The van der Waals surface area contributed by atoms with E-state index in [1.165, 1.54) is 5.56 Å². The Morgan fingerprint density at radius 2 is 2.33 bits per heavy atom. The van der Waals surface area contributed by atoms with Gasteiger partial charge < -0.3 is 5.32 Å². The maximum atomic E-state index is 5.17. The van der Waals surface area contributed by atoms with Crippen molar-refractivity contribution in [2.75, 3.05) is 6.54 Å². The van der Waals surface area contributed by atoms with Crippen molar-refractivity contribution < 1.29 is 0 Å². The molecule has 0 saturated heterocycles. The van der Waals surface area contributed by atoms with Crippen molar-refractivity contribution in [3.63, 3.8) is 0 Å². The van der Waals surface area contributed by atoms with Gasteiger partial charge in [0.05, 0.1) is 5.69 Å². The lowest BCUT2D eigenvalue weighted by molar-refractivity contribution is 0.621. The Kier molecular flexibility index (Phi) is 5.50. The van der Waals surface area contributed by atoms with E-state index in [1.54, 1.807) is 0 Å². The molecule has 0 amide bonds. The summed E-state index contributed by atoms with van der Waals surface area (Å²) >= 11 is 0. The molecule has 1 heterocycles. The third-order valence-electron chi connectivity index (χ3n) is 2.33. The van der Waals surface area contributed by atoms with E-state index in [-0.39, 0.29) is 0 Å². The second-order valence-corrected chi connectivity index (χ2v) is 3.61. The molecule has 0 aliphatic heterocycles. The van der Waals surface area contributed by atoms with Gasteiger partial charge in [-0.15, -0.1) is 12.3 Å². The molecule has 2 nitrogen and oxygen atoms in total. The van der Waals surface area contributed by atoms with Gasteiger partial charge in [-0.25, -0.2) is 0 Å². The largest absolute Gasteiger partial charge is 0.311 e. The van der Waals surface area contributed by atoms with Crippen molar-refractivity contribution >= 4 is 0 Å². The number of terminal acetylenes is 1. The third-order valence-corrected chi connectivity index (χ3v) is 2.33. The number of aromatic nitrogens is 1. The number of pyridine rings is 1. The van der Waals surface area contributed by atoms with Crippen LogP contribution in [0.1, 0.15) is 30.5 Å². The van der Waals surface area contributed by atoms with Gasteiger partial charge in [-0.3, -0.25) is 4.98 Å². The zero-order valence-corrected chi connectivity index (χ0v) is 9.29. The van der Waals surface area contributed by atoms with Gasteiger partial charge in [0.15, 0.2) is 0 Å². The van der Waals surface area contributed by atoms with Crippen LogP contribution >= 0.6 is 0 Å². The quantitative estimate of drug-likeness (QED) is 0.565. The van der Waals surface area contributed by atoms with E-state index in [4.69, 9.17) is 6.42 Å². The lowest BCUT2D eigenvalue weighted by atomic mass is 10.2. The molecular weight excluding hydrogens is 184 g/mol. The van der Waals surface area contributed by atoms with E-state index in [2.05, 4.69) is 29.2 Å². The summed E-state index contributed by atoms with van der Waals surface area (Å²) in [5, 5.41) is 3.37. The summed E-state index contributed by atoms with van der Waals surface area (Å²) in [4.78, 5) is 4.32. The summed E-state index contributed by atoms with van der Waals surface area (Å²) in [5.74, 6) is 2.65. The summed E-state index contributed by atoms with van der Waals surface area (Å²) in [5.41, 5.74) is 2.38. The van der Waals surface area contributed by atoms with Crippen molar-refractivity contribution in [2.24, 2.45) is 0 Å². The first-order valence-corrected chi connectivity index (χ1v) is 5.39. The molecule has 0 unspecified atom stereocenters. The van der Waals surface area contributed by atoms with E-state index in [9.17, 15) is 0 Å². The molecule has 0 radical (unpaired) electrons. The molecule has 0 aliphatic rings. The average molecular weight is 202 g/mol. The van der Waals surface area contributed by atoms with Crippen LogP contribution in [-0.4, -0.2) is 11.5 Å². The highest BCUT2D eigenvalue weighted by Crippen LogP contribution is 2.02. The van der Waals surface area contributed by atoms with Gasteiger partial charge in [-0.1, -0.05) is 6.07 Å². The zero-order chi connectivity index (χ0) is 10.9. The normalized spacial score (nSPS) is 9.87. The first-order chi connectivity index (χ1) is 7.34. The van der Waals surface area contributed by atoms with E-state index < -0.39 is 0 Å². The Labute approximate surface area is 92.1 Å². The molecule has 0 aliphatic carbocycles. The second-order valence-electron chi connectivity index (χ2n) is 3.61. The van der Waals surface area contributed by atoms with E-state index in [1.807, 2.05) is 12.3 Å². The minimum atomic E-state index is 0.850. The van der Waals surface area contributed by atoms with Gasteiger partial charge in [0.1, 0.15) is 0 Å². The van der Waals surface area contributed by atoms with Gasteiger partial charge >= 0.3 is 0 Å². The Balaban J connectivity index is 2.16. The van der Waals surface area contributed by atoms with Crippen molar-refractivity contribution in [1.82, 2.24) is 10.3 Å². The highest BCUT2D eigenvalue weighted by Gasteiger charge is 1.96. The first-order valence-electron chi connectivity index (χ1n) is 5.39. The molecular formula is C13H18N2. The Morgan fingerprint density at radius 1 is 1.47 bits per heavy atom. The summed E-state index contributed by atoms with van der Waals surface area (Å²) in [6.45, 7) is 3.95. The fraction of sp³-hybridized carbons (Fsp3) is 0.462. The Hall–Kier alpha value is -1.33. The highest BCUT2D eigenvalue weighted by atomic mass is 14.9. The number of rotatable bonds is 6. The fourth-order valence-electron chi connectivity index (χ4n) is 1.39. The molecule has 0 spiro atoms. The van der Waals surface area contributed by atoms with E-state index in [0.717, 1.165) is 38.0 Å². The molecule has 0 aromatic carbocycles. The van der Waals surface area contributed by atoms with Gasteiger partial charge in [0.2, 0.25) is 0 Å². The minimum absolute atomic E-state index is 0.850. The van der Waals surface area contributed by atoms with Crippen LogP contribution in [0.3, 0.4) is 0 Å². The molecule has 0 bridgehead atoms. The Morgan fingerprint density at radius 3 is 3.07 bits per heavy atom. The number of hydrogen-bond acceptors (Lipinski definition) is 2. The van der Waals surface area contributed by atoms with Crippen LogP contribution in [0.4, 0.5) is 0 Å². The third kappa shape index (κ3) is 4.62. The lowest BCUT2D eigenvalue weighted by Crippen LogP contribution is -2.16. The SMILES string of the molecule is C#CCCCCNCc1ncccc1C. The highest BCUT2D eigenvalue weighted by molar-refractivity contribution is 5.17. The molecule has 1 rings (SSSR count). The zero-order valence-electron chi connectivity index (χ0n) is 9.29. The number of hydrogen-bond donors (Lipinski definition) is 1. The first kappa shape index (κ1) is 11.7. The van der Waals surface area contributed by atoms with Crippen molar-refractivity contribution in [3.05, 3.63) is 29.6 Å². The second kappa shape index (κ2) is 7.03. The molecule has 0 fully saturated rings. The molecule has 0 atom stereocenters. The minimum Gasteiger partial charge on any atom is -0.311 e. The maximum Gasteiger partial charge on any atom is 0.0570 e. The van der Waals surface area contributed by atoms with Crippen molar-refractivity contribution in [3.8, 4) is 12.3 Å². The summed E-state index contributed by atoms with van der Waals surface area (Å²) in [6, 6.07) is 4.05. The van der Waals surface area contributed by atoms with Crippen LogP contribution in [0, 0.1) is 19.3 Å².